The van der Waals surface area contributed by atoms with E-state index >= 15 is 0 Å². The lowest BCUT2D eigenvalue weighted by Gasteiger charge is -2.34. The van der Waals surface area contributed by atoms with Crippen LogP contribution in [0.4, 0.5) is 4.39 Å². The van der Waals surface area contributed by atoms with Gasteiger partial charge in [-0.1, -0.05) is 19.1 Å². The van der Waals surface area contributed by atoms with Crippen molar-refractivity contribution in [3.63, 3.8) is 0 Å². The van der Waals surface area contributed by atoms with E-state index in [1.54, 1.807) is 37.8 Å². The van der Waals surface area contributed by atoms with Crippen LogP contribution in [-0.2, 0) is 16.1 Å². The molecule has 0 aliphatic carbocycles. The Hall–Kier alpha value is -3.16. The van der Waals surface area contributed by atoms with E-state index in [2.05, 4.69) is 10.3 Å². The zero-order chi connectivity index (χ0) is 24.1. The third kappa shape index (κ3) is 5.61. The number of piperidine rings is 1. The molecular formula is C25H32FN3O4. The van der Waals surface area contributed by atoms with Crippen molar-refractivity contribution >= 4 is 17.8 Å². The quantitative estimate of drug-likeness (QED) is 0.620. The van der Waals surface area contributed by atoms with Gasteiger partial charge < -0.3 is 19.9 Å². The van der Waals surface area contributed by atoms with E-state index in [4.69, 9.17) is 4.74 Å². The molecular weight excluding hydrogens is 425 g/mol. The number of likely N-dealkylation sites (tertiary alicyclic amines) is 1. The van der Waals surface area contributed by atoms with Gasteiger partial charge in [-0.25, -0.2) is 9.18 Å². The number of halogens is 1. The molecule has 0 spiro atoms. The molecule has 2 amide bonds. The minimum atomic E-state index is -0.431. The molecule has 2 heterocycles. The third-order valence-corrected chi connectivity index (χ3v) is 6.43. The van der Waals surface area contributed by atoms with E-state index in [0.717, 1.165) is 5.56 Å². The number of aryl methyl sites for hydroxylation is 1. The highest BCUT2D eigenvalue weighted by Crippen LogP contribution is 2.27. The Bertz CT molecular complexity index is 1020. The molecule has 0 bridgehead atoms. The van der Waals surface area contributed by atoms with Gasteiger partial charge in [0.15, 0.2) is 0 Å². The maximum absolute atomic E-state index is 13.3. The van der Waals surface area contributed by atoms with Gasteiger partial charge in [-0.3, -0.25) is 9.59 Å². The van der Waals surface area contributed by atoms with E-state index in [1.165, 1.54) is 12.1 Å². The standard InChI is InChI=1S/C25H32FN3O4/c1-5-33-25(32)21-16(3)22(28-17(21)4)24(31)29-11-9-19(10-12-29)15(2)23(30)27-14-18-7-6-8-20(26)13-18/h6-8,13,15,19,28H,5,9-12,14H2,1-4H3,(H,27,30)/t15-/m1/s1. The fraction of sp³-hybridized carbons (Fsp3) is 0.480. The number of rotatable bonds is 7. The molecule has 1 aliphatic rings. The Labute approximate surface area is 193 Å². The number of esters is 1. The molecule has 1 aromatic heterocycles. The van der Waals surface area contributed by atoms with E-state index in [9.17, 15) is 18.8 Å². The fourth-order valence-electron chi connectivity index (χ4n) is 4.45. The first-order valence-electron chi connectivity index (χ1n) is 11.4. The Morgan fingerprint density at radius 1 is 1.24 bits per heavy atom. The highest BCUT2D eigenvalue weighted by molar-refractivity contribution is 6.00. The number of H-pyrrole nitrogens is 1. The van der Waals surface area contributed by atoms with Crippen LogP contribution < -0.4 is 5.32 Å². The van der Waals surface area contributed by atoms with Gasteiger partial charge in [-0.2, -0.15) is 0 Å². The summed E-state index contributed by atoms with van der Waals surface area (Å²) in [5.41, 5.74) is 2.76. The number of nitrogens with zero attached hydrogens (tertiary/aromatic N) is 1. The first-order valence-corrected chi connectivity index (χ1v) is 11.4. The minimum absolute atomic E-state index is 0.0704. The Balaban J connectivity index is 1.56. The lowest BCUT2D eigenvalue weighted by molar-refractivity contribution is -0.126. The monoisotopic (exact) mass is 457 g/mol. The number of hydrogen-bond donors (Lipinski definition) is 2. The molecule has 33 heavy (non-hydrogen) atoms. The summed E-state index contributed by atoms with van der Waals surface area (Å²) in [5.74, 6) is -1.02. The van der Waals surface area contributed by atoms with Crippen LogP contribution in [0, 0.1) is 31.5 Å². The zero-order valence-electron chi connectivity index (χ0n) is 19.7. The predicted molar refractivity (Wildman–Crippen MR) is 122 cm³/mol. The molecule has 2 N–H and O–H groups in total. The van der Waals surface area contributed by atoms with E-state index in [1.807, 2.05) is 6.92 Å². The van der Waals surface area contributed by atoms with Crippen LogP contribution in [0.15, 0.2) is 24.3 Å². The SMILES string of the molecule is CCOC(=O)c1c(C)[nH]c(C(=O)N2CCC([C@@H](C)C(=O)NCc3cccc(F)c3)CC2)c1C. The van der Waals surface area contributed by atoms with Crippen LogP contribution in [0.1, 0.15) is 64.4 Å². The maximum Gasteiger partial charge on any atom is 0.340 e. The van der Waals surface area contributed by atoms with Crippen molar-refractivity contribution in [1.82, 2.24) is 15.2 Å². The van der Waals surface area contributed by atoms with Crippen LogP contribution in [0.5, 0.6) is 0 Å². The van der Waals surface area contributed by atoms with Gasteiger partial charge in [0.2, 0.25) is 5.91 Å². The van der Waals surface area contributed by atoms with Gasteiger partial charge in [-0.15, -0.1) is 0 Å². The van der Waals surface area contributed by atoms with Gasteiger partial charge >= 0.3 is 5.97 Å². The fourth-order valence-corrected chi connectivity index (χ4v) is 4.45. The number of aromatic amines is 1. The Kier molecular flexibility index (Phi) is 7.89. The topological polar surface area (TPSA) is 91.5 Å². The summed E-state index contributed by atoms with van der Waals surface area (Å²) >= 11 is 0. The molecule has 0 saturated carbocycles. The molecule has 0 radical (unpaired) electrons. The van der Waals surface area contributed by atoms with Gasteiger partial charge in [0.25, 0.3) is 5.91 Å². The van der Waals surface area contributed by atoms with Crippen molar-refractivity contribution in [3.05, 3.63) is 58.2 Å². The van der Waals surface area contributed by atoms with Crippen molar-refractivity contribution in [2.75, 3.05) is 19.7 Å². The summed E-state index contributed by atoms with van der Waals surface area (Å²) in [6.07, 6.45) is 1.42. The lowest BCUT2D eigenvalue weighted by atomic mass is 9.84. The molecule has 3 rings (SSSR count). The normalized spacial score (nSPS) is 15.2. The molecule has 0 unspecified atom stereocenters. The summed E-state index contributed by atoms with van der Waals surface area (Å²) in [7, 11) is 0. The van der Waals surface area contributed by atoms with Crippen molar-refractivity contribution in [2.45, 2.75) is 47.1 Å². The van der Waals surface area contributed by atoms with Crippen molar-refractivity contribution in [3.8, 4) is 0 Å². The summed E-state index contributed by atoms with van der Waals surface area (Å²) in [6.45, 7) is 8.78. The van der Waals surface area contributed by atoms with Crippen molar-refractivity contribution in [2.24, 2.45) is 11.8 Å². The van der Waals surface area contributed by atoms with Gasteiger partial charge in [0.05, 0.1) is 12.2 Å². The largest absolute Gasteiger partial charge is 0.462 e. The van der Waals surface area contributed by atoms with Crippen molar-refractivity contribution in [1.29, 1.82) is 0 Å². The summed E-state index contributed by atoms with van der Waals surface area (Å²) in [5, 5.41) is 2.89. The zero-order valence-corrected chi connectivity index (χ0v) is 19.7. The predicted octanol–water partition coefficient (Wildman–Crippen LogP) is 3.75. The molecule has 8 heteroatoms. The first-order chi connectivity index (χ1) is 15.7. The lowest BCUT2D eigenvalue weighted by Crippen LogP contribution is -2.42. The summed E-state index contributed by atoms with van der Waals surface area (Å²) in [4.78, 5) is 42.7. The number of amides is 2. The molecule has 1 aliphatic heterocycles. The van der Waals surface area contributed by atoms with Crippen molar-refractivity contribution < 1.29 is 23.5 Å². The number of aromatic nitrogens is 1. The number of ether oxygens (including phenoxy) is 1. The van der Waals surface area contributed by atoms with Crippen LogP contribution >= 0.6 is 0 Å². The molecule has 1 aromatic carbocycles. The highest BCUT2D eigenvalue weighted by Gasteiger charge is 2.32. The molecule has 2 aromatic rings. The molecule has 7 nitrogen and oxygen atoms in total. The average molecular weight is 458 g/mol. The number of nitrogens with one attached hydrogen (secondary N) is 2. The third-order valence-electron chi connectivity index (χ3n) is 6.43. The molecule has 1 saturated heterocycles. The highest BCUT2D eigenvalue weighted by atomic mass is 19.1. The number of carbonyl (C=O) groups excluding carboxylic acids is 3. The maximum atomic E-state index is 13.3. The van der Waals surface area contributed by atoms with Gasteiger partial charge in [-0.05, 0) is 62.8 Å². The van der Waals surface area contributed by atoms with Crippen LogP contribution in [-0.4, -0.2) is 47.4 Å². The van der Waals surface area contributed by atoms with Crippen LogP contribution in [0.2, 0.25) is 0 Å². The average Bonchev–Trinajstić information content (AvgIpc) is 3.10. The molecule has 178 valence electrons. The first kappa shape index (κ1) is 24.5. The summed E-state index contributed by atoms with van der Waals surface area (Å²) < 4.78 is 18.4. The Morgan fingerprint density at radius 2 is 1.94 bits per heavy atom. The van der Waals surface area contributed by atoms with E-state index in [0.29, 0.717) is 48.4 Å². The molecule has 1 atom stereocenters. The number of carbonyl (C=O) groups is 3. The molecule has 1 fully saturated rings. The number of hydrogen-bond acceptors (Lipinski definition) is 4. The smallest absolute Gasteiger partial charge is 0.340 e. The Morgan fingerprint density at radius 3 is 2.58 bits per heavy atom. The second-order valence-electron chi connectivity index (χ2n) is 8.61. The minimum Gasteiger partial charge on any atom is -0.462 e. The van der Waals surface area contributed by atoms with E-state index in [-0.39, 0.29) is 42.6 Å². The van der Waals surface area contributed by atoms with Gasteiger partial charge in [0.1, 0.15) is 11.5 Å². The van der Waals surface area contributed by atoms with E-state index < -0.39 is 5.97 Å². The van der Waals surface area contributed by atoms with Gasteiger partial charge in [0, 0.05) is 31.2 Å². The second-order valence-corrected chi connectivity index (χ2v) is 8.61. The summed E-state index contributed by atoms with van der Waals surface area (Å²) in [6, 6.07) is 6.18. The van der Waals surface area contributed by atoms with Crippen LogP contribution in [0.25, 0.3) is 0 Å². The van der Waals surface area contributed by atoms with Crippen LogP contribution in [0.3, 0.4) is 0 Å². The number of benzene rings is 1. The second kappa shape index (κ2) is 10.6.